The number of rotatable bonds is 4. The number of hydrogen-bond donors (Lipinski definition) is 2. The summed E-state index contributed by atoms with van der Waals surface area (Å²) in [5.41, 5.74) is 0.261. The second-order valence-electron chi connectivity index (χ2n) is 8.43. The van der Waals surface area contributed by atoms with Crippen LogP contribution in [0.5, 0.6) is 0 Å². The van der Waals surface area contributed by atoms with E-state index in [9.17, 15) is 9.59 Å². The molecule has 1 aromatic heterocycles. The van der Waals surface area contributed by atoms with Gasteiger partial charge in [0.25, 0.3) is 0 Å². The van der Waals surface area contributed by atoms with Crippen LogP contribution in [0.15, 0.2) is 24.4 Å². The molecule has 0 aliphatic rings. The van der Waals surface area contributed by atoms with Crippen molar-refractivity contribution in [1.82, 2.24) is 9.88 Å². The number of carbonyl (C=O) groups is 2. The van der Waals surface area contributed by atoms with E-state index >= 15 is 0 Å². The number of aromatic nitrogens is 1. The van der Waals surface area contributed by atoms with E-state index in [2.05, 4.69) is 10.6 Å². The van der Waals surface area contributed by atoms with E-state index in [0.717, 1.165) is 5.52 Å². The molecule has 1 aromatic carbocycles. The highest BCUT2D eigenvalue weighted by Gasteiger charge is 2.19. The molecule has 8 heteroatoms. The number of carbonyl (C=O) groups excluding carboxylic acids is 2. The van der Waals surface area contributed by atoms with E-state index in [0.29, 0.717) is 29.2 Å². The highest BCUT2D eigenvalue weighted by atomic mass is 35.5. The normalized spacial score (nSPS) is 12.0. The van der Waals surface area contributed by atoms with Crippen molar-refractivity contribution < 1.29 is 19.1 Å². The van der Waals surface area contributed by atoms with Crippen LogP contribution in [0.2, 0.25) is 5.02 Å². The van der Waals surface area contributed by atoms with Crippen LogP contribution in [-0.4, -0.2) is 34.5 Å². The second-order valence-corrected chi connectivity index (χ2v) is 8.83. The molecule has 0 saturated heterocycles. The fourth-order valence-corrected chi connectivity index (χ4v) is 2.91. The van der Waals surface area contributed by atoms with Gasteiger partial charge in [-0.1, -0.05) is 17.7 Å². The third-order valence-electron chi connectivity index (χ3n) is 3.52. The first-order valence-corrected chi connectivity index (χ1v) is 9.48. The smallest absolute Gasteiger partial charge is 0.412 e. The molecule has 28 heavy (non-hydrogen) atoms. The van der Waals surface area contributed by atoms with Gasteiger partial charge in [-0.25, -0.2) is 9.59 Å². The number of fused-ring (bicyclic) bond motifs is 1. The van der Waals surface area contributed by atoms with Crippen molar-refractivity contribution in [2.24, 2.45) is 0 Å². The predicted molar refractivity (Wildman–Crippen MR) is 111 cm³/mol. The average molecular weight is 410 g/mol. The molecular formula is C20H28ClN3O4. The van der Waals surface area contributed by atoms with Crippen molar-refractivity contribution in [3.63, 3.8) is 0 Å². The van der Waals surface area contributed by atoms with Crippen LogP contribution in [0.25, 0.3) is 10.9 Å². The van der Waals surface area contributed by atoms with Gasteiger partial charge in [-0.05, 0) is 53.7 Å². The summed E-state index contributed by atoms with van der Waals surface area (Å²) in [6.45, 7) is 11.7. The van der Waals surface area contributed by atoms with Gasteiger partial charge in [0.15, 0.2) is 0 Å². The van der Waals surface area contributed by atoms with Crippen LogP contribution in [-0.2, 0) is 16.0 Å². The zero-order valence-corrected chi connectivity index (χ0v) is 17.9. The molecule has 1 heterocycles. The zero-order chi connectivity index (χ0) is 21.1. The maximum Gasteiger partial charge on any atom is 0.412 e. The van der Waals surface area contributed by atoms with Gasteiger partial charge >= 0.3 is 12.2 Å². The molecule has 0 radical (unpaired) electrons. The number of alkyl carbamates (subject to hydrolysis) is 1. The first-order chi connectivity index (χ1) is 12.9. The molecule has 0 atom stereocenters. The lowest BCUT2D eigenvalue weighted by Crippen LogP contribution is -2.34. The Hall–Kier alpha value is -2.41. The summed E-state index contributed by atoms with van der Waals surface area (Å²) in [4.78, 5) is 23.9. The number of hydrogen-bond acceptors (Lipinski definition) is 4. The van der Waals surface area contributed by atoms with Crippen molar-refractivity contribution in [2.75, 3.05) is 11.9 Å². The van der Waals surface area contributed by atoms with Crippen LogP contribution in [0.1, 0.15) is 41.5 Å². The Morgan fingerprint density at radius 3 is 2.25 bits per heavy atom. The highest BCUT2D eigenvalue weighted by Crippen LogP contribution is 2.32. The van der Waals surface area contributed by atoms with Gasteiger partial charge < -0.3 is 19.4 Å². The van der Waals surface area contributed by atoms with Gasteiger partial charge in [0.1, 0.15) is 11.2 Å². The summed E-state index contributed by atoms with van der Waals surface area (Å²) in [6, 6.07) is 5.49. The summed E-state index contributed by atoms with van der Waals surface area (Å²) < 4.78 is 12.4. The zero-order valence-electron chi connectivity index (χ0n) is 17.2. The van der Waals surface area contributed by atoms with Gasteiger partial charge in [-0.3, -0.25) is 5.32 Å². The number of halogens is 1. The summed E-state index contributed by atoms with van der Waals surface area (Å²) in [5, 5.41) is 6.68. The van der Waals surface area contributed by atoms with E-state index in [1.165, 1.54) is 0 Å². The fraction of sp³-hybridized carbons (Fsp3) is 0.500. The molecule has 0 aliphatic carbocycles. The fourth-order valence-electron chi connectivity index (χ4n) is 2.60. The molecule has 2 aromatic rings. The third kappa shape index (κ3) is 6.34. The lowest BCUT2D eigenvalue weighted by molar-refractivity contribution is 0.0525. The number of nitrogens with one attached hydrogen (secondary N) is 2. The second kappa shape index (κ2) is 8.31. The van der Waals surface area contributed by atoms with E-state index in [1.807, 2.05) is 37.5 Å². The molecule has 0 fully saturated rings. The lowest BCUT2D eigenvalue weighted by atomic mass is 10.2. The Labute approximate surface area is 170 Å². The number of amides is 2. The van der Waals surface area contributed by atoms with Gasteiger partial charge in [0, 0.05) is 24.7 Å². The Balaban J connectivity index is 2.11. The average Bonchev–Trinajstić information content (AvgIpc) is 2.81. The molecule has 0 unspecified atom stereocenters. The maximum absolute atomic E-state index is 12.1. The minimum atomic E-state index is -0.596. The quantitative estimate of drug-likeness (QED) is 0.730. The lowest BCUT2D eigenvalue weighted by Gasteiger charge is -2.20. The van der Waals surface area contributed by atoms with E-state index in [4.69, 9.17) is 21.1 Å². The van der Waals surface area contributed by atoms with Crippen molar-refractivity contribution in [1.29, 1.82) is 0 Å². The Bertz CT molecular complexity index is 863. The minimum Gasteiger partial charge on any atom is -0.444 e. The molecule has 0 saturated carbocycles. The highest BCUT2D eigenvalue weighted by molar-refractivity contribution is 6.37. The monoisotopic (exact) mass is 409 g/mol. The van der Waals surface area contributed by atoms with Crippen molar-refractivity contribution in [3.05, 3.63) is 29.4 Å². The number of benzene rings is 1. The van der Waals surface area contributed by atoms with Crippen LogP contribution in [0.3, 0.4) is 0 Å². The SMILES string of the molecule is CC(C)(C)OC(=O)NCCn1cc(Cl)c2c(NC(=O)OC(C)(C)C)cccc21. The summed E-state index contributed by atoms with van der Waals surface area (Å²) >= 11 is 6.40. The molecule has 0 spiro atoms. The Kier molecular flexibility index (Phi) is 6.49. The van der Waals surface area contributed by atoms with Crippen molar-refractivity contribution in [3.8, 4) is 0 Å². The summed E-state index contributed by atoms with van der Waals surface area (Å²) in [5.74, 6) is 0. The first kappa shape index (κ1) is 21.9. The van der Waals surface area contributed by atoms with Gasteiger partial charge in [-0.2, -0.15) is 0 Å². The molecule has 154 valence electrons. The van der Waals surface area contributed by atoms with Crippen LogP contribution < -0.4 is 10.6 Å². The third-order valence-corrected chi connectivity index (χ3v) is 3.80. The molecule has 7 nitrogen and oxygen atoms in total. The number of anilines is 1. The molecule has 2 amide bonds. The van der Waals surface area contributed by atoms with Crippen molar-refractivity contribution >= 4 is 40.4 Å². The molecule has 2 rings (SSSR count). The maximum atomic E-state index is 12.1. The first-order valence-electron chi connectivity index (χ1n) is 9.10. The van der Waals surface area contributed by atoms with Gasteiger partial charge in [0.05, 0.1) is 16.2 Å². The van der Waals surface area contributed by atoms with E-state index in [1.54, 1.807) is 33.0 Å². The standard InChI is InChI=1S/C20H28ClN3O4/c1-19(2,3)27-17(25)22-10-11-24-12-13(21)16-14(8-7-9-15(16)24)23-18(26)28-20(4,5)6/h7-9,12H,10-11H2,1-6H3,(H,22,25)(H,23,26). The number of ether oxygens (including phenoxy) is 2. The van der Waals surface area contributed by atoms with E-state index < -0.39 is 23.4 Å². The summed E-state index contributed by atoms with van der Waals surface area (Å²) in [6.07, 6.45) is 0.751. The minimum absolute atomic E-state index is 0.374. The Morgan fingerprint density at radius 1 is 1.04 bits per heavy atom. The molecule has 0 bridgehead atoms. The summed E-state index contributed by atoms with van der Waals surface area (Å²) in [7, 11) is 0. The Morgan fingerprint density at radius 2 is 1.64 bits per heavy atom. The topological polar surface area (TPSA) is 81.6 Å². The van der Waals surface area contributed by atoms with Crippen LogP contribution in [0, 0.1) is 0 Å². The molecule has 0 aliphatic heterocycles. The molecular weight excluding hydrogens is 382 g/mol. The van der Waals surface area contributed by atoms with Crippen LogP contribution in [0.4, 0.5) is 15.3 Å². The molecule has 2 N–H and O–H groups in total. The van der Waals surface area contributed by atoms with Gasteiger partial charge in [-0.15, -0.1) is 0 Å². The van der Waals surface area contributed by atoms with Gasteiger partial charge in [0.2, 0.25) is 0 Å². The predicted octanol–water partition coefficient (Wildman–Crippen LogP) is 5.17. The number of nitrogens with zero attached hydrogens (tertiary/aromatic N) is 1. The largest absolute Gasteiger partial charge is 0.444 e. The van der Waals surface area contributed by atoms with E-state index in [-0.39, 0.29) is 0 Å². The van der Waals surface area contributed by atoms with Crippen LogP contribution >= 0.6 is 11.6 Å². The van der Waals surface area contributed by atoms with Crippen molar-refractivity contribution in [2.45, 2.75) is 59.3 Å².